The van der Waals surface area contributed by atoms with Gasteiger partial charge in [0.15, 0.2) is 0 Å². The lowest BCUT2D eigenvalue weighted by molar-refractivity contribution is 0.102. The summed E-state index contributed by atoms with van der Waals surface area (Å²) in [6, 6.07) is 15.7. The van der Waals surface area contributed by atoms with Crippen LogP contribution in [-0.4, -0.2) is 21.1 Å². The molecule has 2 aromatic heterocycles. The van der Waals surface area contributed by atoms with Crippen LogP contribution in [0.15, 0.2) is 54.0 Å². The standard InChI is InChI=1S/C20H16N4OS/c1-12-7-8-13(2)15(9-12)18-10-16(14-5-3-4-6-17(14)22-18)19(25)23-20-24-21-11-26-20/h3-11H,1-2H3,(H,23,24,25). The van der Waals surface area contributed by atoms with Gasteiger partial charge in [0, 0.05) is 10.9 Å². The van der Waals surface area contributed by atoms with Crippen molar-refractivity contribution < 1.29 is 4.79 Å². The van der Waals surface area contributed by atoms with Crippen LogP contribution >= 0.6 is 11.3 Å². The second-order valence-electron chi connectivity index (χ2n) is 6.09. The Labute approximate surface area is 154 Å². The van der Waals surface area contributed by atoms with E-state index in [-0.39, 0.29) is 5.91 Å². The molecule has 4 aromatic rings. The summed E-state index contributed by atoms with van der Waals surface area (Å²) in [7, 11) is 0. The van der Waals surface area contributed by atoms with Crippen molar-refractivity contribution in [2.24, 2.45) is 0 Å². The summed E-state index contributed by atoms with van der Waals surface area (Å²) in [6.45, 7) is 4.10. The van der Waals surface area contributed by atoms with E-state index in [4.69, 9.17) is 4.98 Å². The van der Waals surface area contributed by atoms with Crippen molar-refractivity contribution in [3.63, 3.8) is 0 Å². The van der Waals surface area contributed by atoms with Gasteiger partial charge in [-0.05, 0) is 37.6 Å². The Morgan fingerprint density at radius 1 is 1.08 bits per heavy atom. The molecule has 0 aliphatic rings. The summed E-state index contributed by atoms with van der Waals surface area (Å²) in [4.78, 5) is 17.6. The largest absolute Gasteiger partial charge is 0.296 e. The number of aryl methyl sites for hydroxylation is 2. The van der Waals surface area contributed by atoms with E-state index in [0.29, 0.717) is 10.7 Å². The van der Waals surface area contributed by atoms with Crippen LogP contribution in [0.3, 0.4) is 0 Å². The van der Waals surface area contributed by atoms with E-state index in [2.05, 4.69) is 33.7 Å². The van der Waals surface area contributed by atoms with Crippen molar-refractivity contribution >= 4 is 33.3 Å². The number of carbonyl (C=O) groups excluding carboxylic acids is 1. The fourth-order valence-electron chi connectivity index (χ4n) is 2.91. The monoisotopic (exact) mass is 360 g/mol. The van der Waals surface area contributed by atoms with Crippen molar-refractivity contribution in [1.29, 1.82) is 0 Å². The molecule has 128 valence electrons. The van der Waals surface area contributed by atoms with Gasteiger partial charge in [0.1, 0.15) is 5.51 Å². The number of nitrogens with one attached hydrogen (secondary N) is 1. The molecule has 0 aliphatic carbocycles. The molecule has 0 bridgehead atoms. The van der Waals surface area contributed by atoms with Crippen LogP contribution in [-0.2, 0) is 0 Å². The molecule has 2 aromatic carbocycles. The first kappa shape index (κ1) is 16.4. The van der Waals surface area contributed by atoms with Gasteiger partial charge in [-0.2, -0.15) is 0 Å². The third-order valence-electron chi connectivity index (χ3n) is 4.21. The van der Waals surface area contributed by atoms with Crippen LogP contribution in [0.5, 0.6) is 0 Å². The van der Waals surface area contributed by atoms with E-state index in [1.807, 2.05) is 44.2 Å². The molecule has 5 nitrogen and oxygen atoms in total. The Kier molecular flexibility index (Phi) is 4.18. The fraction of sp³-hybridized carbons (Fsp3) is 0.100. The SMILES string of the molecule is Cc1ccc(C)c(-c2cc(C(=O)Nc3nncs3)c3ccccc3n2)c1. The Hall–Kier alpha value is -3.12. The minimum atomic E-state index is -0.216. The molecular formula is C20H16N4OS. The van der Waals surface area contributed by atoms with E-state index < -0.39 is 0 Å². The van der Waals surface area contributed by atoms with Crippen LogP contribution in [0, 0.1) is 13.8 Å². The highest BCUT2D eigenvalue weighted by Gasteiger charge is 2.16. The summed E-state index contributed by atoms with van der Waals surface area (Å²) in [5.41, 5.74) is 7.03. The van der Waals surface area contributed by atoms with Gasteiger partial charge in [-0.1, -0.05) is 47.2 Å². The smallest absolute Gasteiger partial charge is 0.258 e. The molecule has 0 radical (unpaired) electrons. The van der Waals surface area contributed by atoms with Gasteiger partial charge in [-0.15, -0.1) is 10.2 Å². The summed E-state index contributed by atoms with van der Waals surface area (Å²) in [6.07, 6.45) is 0. The average molecular weight is 360 g/mol. The van der Waals surface area contributed by atoms with E-state index in [1.165, 1.54) is 11.3 Å². The second kappa shape index (κ2) is 6.65. The van der Waals surface area contributed by atoms with Crippen LogP contribution in [0.25, 0.3) is 22.2 Å². The lowest BCUT2D eigenvalue weighted by Gasteiger charge is -2.11. The van der Waals surface area contributed by atoms with Crippen LogP contribution in [0.4, 0.5) is 5.13 Å². The maximum absolute atomic E-state index is 12.9. The molecule has 0 fully saturated rings. The fourth-order valence-corrected chi connectivity index (χ4v) is 3.35. The lowest BCUT2D eigenvalue weighted by Crippen LogP contribution is -2.13. The Morgan fingerprint density at radius 3 is 2.73 bits per heavy atom. The average Bonchev–Trinajstić information content (AvgIpc) is 3.15. The minimum Gasteiger partial charge on any atom is -0.296 e. The second-order valence-corrected chi connectivity index (χ2v) is 6.92. The molecule has 1 N–H and O–H groups in total. The molecule has 0 unspecified atom stereocenters. The molecule has 0 saturated carbocycles. The zero-order valence-electron chi connectivity index (χ0n) is 14.4. The minimum absolute atomic E-state index is 0.216. The molecule has 0 spiro atoms. The molecule has 0 saturated heterocycles. The molecule has 0 atom stereocenters. The van der Waals surface area contributed by atoms with Gasteiger partial charge < -0.3 is 0 Å². The van der Waals surface area contributed by atoms with Crippen molar-refractivity contribution in [1.82, 2.24) is 15.2 Å². The van der Waals surface area contributed by atoms with Crippen molar-refractivity contribution in [3.05, 3.63) is 70.7 Å². The molecule has 0 aliphatic heterocycles. The predicted octanol–water partition coefficient (Wildman–Crippen LogP) is 4.62. The van der Waals surface area contributed by atoms with E-state index >= 15 is 0 Å². The molecule has 2 heterocycles. The van der Waals surface area contributed by atoms with Gasteiger partial charge in [-0.25, -0.2) is 4.98 Å². The quantitative estimate of drug-likeness (QED) is 0.579. The summed E-state index contributed by atoms with van der Waals surface area (Å²) >= 11 is 1.29. The Morgan fingerprint density at radius 2 is 1.92 bits per heavy atom. The third-order valence-corrected chi connectivity index (χ3v) is 4.82. The third kappa shape index (κ3) is 3.07. The Bertz CT molecular complexity index is 1110. The van der Waals surface area contributed by atoms with Crippen molar-refractivity contribution in [2.75, 3.05) is 5.32 Å². The summed E-state index contributed by atoms with van der Waals surface area (Å²) in [5.74, 6) is -0.216. The zero-order chi connectivity index (χ0) is 18.1. The number of para-hydroxylation sites is 1. The van der Waals surface area contributed by atoms with Gasteiger partial charge in [0.05, 0.1) is 16.8 Å². The highest BCUT2D eigenvalue weighted by molar-refractivity contribution is 7.13. The van der Waals surface area contributed by atoms with E-state index in [1.54, 1.807) is 5.51 Å². The van der Waals surface area contributed by atoms with E-state index in [9.17, 15) is 4.79 Å². The number of benzene rings is 2. The molecule has 1 amide bonds. The summed E-state index contributed by atoms with van der Waals surface area (Å²) in [5, 5.41) is 11.7. The number of hydrogen-bond acceptors (Lipinski definition) is 5. The lowest BCUT2D eigenvalue weighted by atomic mass is 9.99. The normalized spacial score (nSPS) is 10.8. The number of aromatic nitrogens is 3. The maximum Gasteiger partial charge on any atom is 0.258 e. The van der Waals surface area contributed by atoms with Gasteiger partial charge in [0.2, 0.25) is 5.13 Å². The van der Waals surface area contributed by atoms with Crippen molar-refractivity contribution in [3.8, 4) is 11.3 Å². The zero-order valence-corrected chi connectivity index (χ0v) is 15.2. The number of fused-ring (bicyclic) bond motifs is 1. The number of nitrogens with zero attached hydrogens (tertiary/aromatic N) is 3. The number of hydrogen-bond donors (Lipinski definition) is 1. The predicted molar refractivity (Wildman–Crippen MR) is 105 cm³/mol. The first-order valence-electron chi connectivity index (χ1n) is 8.17. The van der Waals surface area contributed by atoms with E-state index in [0.717, 1.165) is 33.3 Å². The number of anilines is 1. The molecular weight excluding hydrogens is 344 g/mol. The first-order chi connectivity index (χ1) is 12.6. The van der Waals surface area contributed by atoms with Gasteiger partial charge in [0.25, 0.3) is 5.91 Å². The number of pyridine rings is 1. The highest BCUT2D eigenvalue weighted by Crippen LogP contribution is 2.28. The van der Waals surface area contributed by atoms with Gasteiger partial charge in [-0.3, -0.25) is 10.1 Å². The molecule has 26 heavy (non-hydrogen) atoms. The highest BCUT2D eigenvalue weighted by atomic mass is 32.1. The number of amides is 1. The Balaban J connectivity index is 1.88. The molecule has 6 heteroatoms. The van der Waals surface area contributed by atoms with Crippen LogP contribution in [0.1, 0.15) is 21.5 Å². The van der Waals surface area contributed by atoms with Crippen LogP contribution < -0.4 is 5.32 Å². The summed E-state index contributed by atoms with van der Waals surface area (Å²) < 4.78 is 0. The van der Waals surface area contributed by atoms with Crippen molar-refractivity contribution in [2.45, 2.75) is 13.8 Å². The molecule has 4 rings (SSSR count). The number of rotatable bonds is 3. The number of carbonyl (C=O) groups is 1. The maximum atomic E-state index is 12.9. The topological polar surface area (TPSA) is 67.8 Å². The van der Waals surface area contributed by atoms with Crippen LogP contribution in [0.2, 0.25) is 0 Å². The first-order valence-corrected chi connectivity index (χ1v) is 9.05. The van der Waals surface area contributed by atoms with Gasteiger partial charge >= 0.3 is 0 Å².